The van der Waals surface area contributed by atoms with Crippen molar-refractivity contribution in [3.05, 3.63) is 47.9 Å². The zero-order valence-corrected chi connectivity index (χ0v) is 22.5. The molecule has 0 saturated carbocycles. The van der Waals surface area contributed by atoms with Gasteiger partial charge in [0.05, 0.1) is 23.0 Å². The van der Waals surface area contributed by atoms with Gasteiger partial charge in [-0.25, -0.2) is 19.0 Å². The SMILES string of the molecule is CCc1cc2c(N(C)C(=O)OC(C)(C)C)ncnc2n1C1CCC(COS(=O)c2ccc(C)cc2)O1. The molecule has 3 aromatic rings. The topological polar surface area (TPSA) is 95.8 Å². The van der Waals surface area contributed by atoms with E-state index in [1.54, 1.807) is 7.05 Å². The van der Waals surface area contributed by atoms with E-state index in [2.05, 4.69) is 21.5 Å². The van der Waals surface area contributed by atoms with Crippen molar-refractivity contribution in [1.82, 2.24) is 14.5 Å². The quantitative estimate of drug-likeness (QED) is 0.433. The lowest BCUT2D eigenvalue weighted by Gasteiger charge is -2.24. The molecule has 1 aliphatic rings. The van der Waals surface area contributed by atoms with Crippen LogP contribution < -0.4 is 4.90 Å². The van der Waals surface area contributed by atoms with E-state index in [-0.39, 0.29) is 18.9 Å². The standard InChI is InChI=1S/C26H34N4O5S/c1-7-18-14-21-23(29(6)25(31)35-26(3,4)5)27-16-28-24(21)30(18)22-13-10-19(34-22)15-33-36(32)20-11-8-17(2)9-12-20/h8-9,11-12,14,16,19,22H,7,10,13,15H2,1-6H3. The van der Waals surface area contributed by atoms with Gasteiger partial charge in [-0.05, 0) is 65.2 Å². The van der Waals surface area contributed by atoms with Crippen molar-refractivity contribution in [2.24, 2.45) is 0 Å². The number of nitrogens with zero attached hydrogens (tertiary/aromatic N) is 4. The number of aryl methyl sites for hydroxylation is 2. The van der Waals surface area contributed by atoms with Crippen molar-refractivity contribution in [2.75, 3.05) is 18.6 Å². The van der Waals surface area contributed by atoms with Gasteiger partial charge < -0.3 is 14.0 Å². The Labute approximate surface area is 214 Å². The van der Waals surface area contributed by atoms with Gasteiger partial charge in [0.2, 0.25) is 0 Å². The summed E-state index contributed by atoms with van der Waals surface area (Å²) in [5, 5.41) is 0.756. The normalized spacial score (nSPS) is 18.9. The maximum absolute atomic E-state index is 12.7. The summed E-state index contributed by atoms with van der Waals surface area (Å²) in [4.78, 5) is 23.6. The van der Waals surface area contributed by atoms with Gasteiger partial charge >= 0.3 is 6.09 Å². The van der Waals surface area contributed by atoms with Crippen LogP contribution in [0.4, 0.5) is 10.6 Å². The second-order valence-electron chi connectivity index (χ2n) is 9.96. The highest BCUT2D eigenvalue weighted by Crippen LogP contribution is 2.36. The van der Waals surface area contributed by atoms with Crippen molar-refractivity contribution < 1.29 is 22.7 Å². The van der Waals surface area contributed by atoms with Crippen molar-refractivity contribution >= 4 is 34.0 Å². The second kappa shape index (κ2) is 10.7. The molecule has 10 heteroatoms. The van der Waals surface area contributed by atoms with Gasteiger partial charge in [0.1, 0.15) is 23.8 Å². The van der Waals surface area contributed by atoms with Crippen LogP contribution in [0.5, 0.6) is 0 Å². The molecule has 194 valence electrons. The van der Waals surface area contributed by atoms with Gasteiger partial charge in [-0.15, -0.1) is 0 Å². The molecule has 4 rings (SSSR count). The average molecular weight is 515 g/mol. The van der Waals surface area contributed by atoms with Crippen molar-refractivity contribution in [3.8, 4) is 0 Å². The molecule has 0 N–H and O–H groups in total. The molecule has 0 spiro atoms. The summed E-state index contributed by atoms with van der Waals surface area (Å²) in [7, 11) is 1.65. The summed E-state index contributed by atoms with van der Waals surface area (Å²) >= 11 is -1.54. The predicted octanol–water partition coefficient (Wildman–Crippen LogP) is 5.09. The van der Waals surface area contributed by atoms with E-state index < -0.39 is 22.8 Å². The Morgan fingerprint density at radius 2 is 1.94 bits per heavy atom. The Morgan fingerprint density at radius 3 is 2.61 bits per heavy atom. The summed E-state index contributed by atoms with van der Waals surface area (Å²) in [6.07, 6.45) is 2.84. The molecule has 2 aromatic heterocycles. The largest absolute Gasteiger partial charge is 0.443 e. The summed E-state index contributed by atoms with van der Waals surface area (Å²) in [6, 6.07) is 9.46. The lowest BCUT2D eigenvalue weighted by atomic mass is 10.2. The fourth-order valence-corrected chi connectivity index (χ4v) is 4.97. The third-order valence-corrected chi connectivity index (χ3v) is 6.99. The maximum atomic E-state index is 12.7. The molecule has 0 radical (unpaired) electrons. The lowest BCUT2D eigenvalue weighted by molar-refractivity contribution is -0.0147. The Kier molecular flexibility index (Phi) is 7.77. The van der Waals surface area contributed by atoms with Crippen LogP contribution in [0, 0.1) is 6.92 Å². The molecular weight excluding hydrogens is 480 g/mol. The Morgan fingerprint density at radius 1 is 1.22 bits per heavy atom. The number of hydrogen-bond acceptors (Lipinski definition) is 7. The summed E-state index contributed by atoms with van der Waals surface area (Å²) < 4.78 is 32.0. The predicted molar refractivity (Wildman–Crippen MR) is 138 cm³/mol. The fraction of sp³-hybridized carbons (Fsp3) is 0.500. The summed E-state index contributed by atoms with van der Waals surface area (Å²) in [6.45, 7) is 9.77. The molecule has 1 fully saturated rings. The molecule has 0 bridgehead atoms. The first-order chi connectivity index (χ1) is 17.1. The number of ether oxygens (including phenoxy) is 2. The summed E-state index contributed by atoms with van der Waals surface area (Å²) in [5.41, 5.74) is 2.21. The molecule has 3 atom stereocenters. The highest BCUT2D eigenvalue weighted by molar-refractivity contribution is 7.80. The van der Waals surface area contributed by atoms with Crippen molar-refractivity contribution in [2.45, 2.75) is 76.7 Å². The number of benzene rings is 1. The summed E-state index contributed by atoms with van der Waals surface area (Å²) in [5.74, 6) is 0.481. The minimum atomic E-state index is -1.54. The van der Waals surface area contributed by atoms with E-state index in [1.165, 1.54) is 11.2 Å². The van der Waals surface area contributed by atoms with Gasteiger partial charge in [-0.1, -0.05) is 24.6 Å². The van der Waals surface area contributed by atoms with Crippen LogP contribution in [0.25, 0.3) is 11.0 Å². The number of aromatic nitrogens is 3. The smallest absolute Gasteiger partial charge is 0.415 e. The number of fused-ring (bicyclic) bond motifs is 1. The molecule has 3 unspecified atom stereocenters. The van der Waals surface area contributed by atoms with Gasteiger partial charge in [-0.3, -0.25) is 9.08 Å². The second-order valence-corrected chi connectivity index (χ2v) is 11.1. The average Bonchev–Trinajstić information content (AvgIpc) is 3.45. The zero-order valence-electron chi connectivity index (χ0n) is 21.7. The van der Waals surface area contributed by atoms with E-state index in [0.717, 1.165) is 35.9 Å². The molecule has 1 amide bonds. The molecular formula is C26H34N4O5S. The molecule has 1 aliphatic heterocycles. The molecule has 1 saturated heterocycles. The highest BCUT2D eigenvalue weighted by atomic mass is 32.2. The number of anilines is 1. The molecule has 0 aliphatic carbocycles. The first kappa shape index (κ1) is 26.2. The van der Waals surface area contributed by atoms with Crippen molar-refractivity contribution in [1.29, 1.82) is 0 Å². The van der Waals surface area contributed by atoms with Crippen LogP contribution in [0.2, 0.25) is 0 Å². The Hall–Kier alpha value is -2.82. The van der Waals surface area contributed by atoms with Crippen molar-refractivity contribution in [3.63, 3.8) is 0 Å². The molecule has 36 heavy (non-hydrogen) atoms. The molecule has 3 heterocycles. The van der Waals surface area contributed by atoms with Gasteiger partial charge in [0, 0.05) is 12.7 Å². The minimum Gasteiger partial charge on any atom is -0.443 e. The van der Waals surface area contributed by atoms with E-state index in [1.807, 2.05) is 58.0 Å². The maximum Gasteiger partial charge on any atom is 0.415 e. The first-order valence-corrected chi connectivity index (χ1v) is 13.2. The van der Waals surface area contributed by atoms with Crippen LogP contribution in [-0.4, -0.2) is 50.2 Å². The van der Waals surface area contributed by atoms with Gasteiger partial charge in [-0.2, -0.15) is 0 Å². The number of amides is 1. The minimum absolute atomic E-state index is 0.183. The molecule has 1 aromatic carbocycles. The third kappa shape index (κ3) is 5.77. The third-order valence-electron chi connectivity index (χ3n) is 5.99. The first-order valence-electron chi connectivity index (χ1n) is 12.2. The fourth-order valence-electron chi connectivity index (χ4n) is 4.20. The van der Waals surface area contributed by atoms with E-state index in [0.29, 0.717) is 16.4 Å². The van der Waals surface area contributed by atoms with Crippen LogP contribution in [0.15, 0.2) is 41.6 Å². The van der Waals surface area contributed by atoms with Crippen LogP contribution in [0.3, 0.4) is 0 Å². The van der Waals surface area contributed by atoms with Gasteiger partial charge in [0.25, 0.3) is 0 Å². The highest BCUT2D eigenvalue weighted by Gasteiger charge is 2.31. The van der Waals surface area contributed by atoms with Crippen LogP contribution in [-0.2, 0) is 31.2 Å². The van der Waals surface area contributed by atoms with E-state index in [9.17, 15) is 9.00 Å². The Balaban J connectivity index is 1.50. The number of rotatable bonds is 7. The van der Waals surface area contributed by atoms with E-state index >= 15 is 0 Å². The van der Waals surface area contributed by atoms with Gasteiger partial charge in [0.15, 0.2) is 16.9 Å². The monoisotopic (exact) mass is 514 g/mol. The Bertz CT molecular complexity index is 1250. The van der Waals surface area contributed by atoms with Crippen LogP contribution >= 0.6 is 0 Å². The number of carbonyl (C=O) groups excluding carboxylic acids is 1. The number of carbonyl (C=O) groups is 1. The van der Waals surface area contributed by atoms with Crippen LogP contribution in [0.1, 0.15) is 58.0 Å². The lowest BCUT2D eigenvalue weighted by Crippen LogP contribution is -2.34. The molecule has 9 nitrogen and oxygen atoms in total. The zero-order chi connectivity index (χ0) is 26.0. The van der Waals surface area contributed by atoms with E-state index in [4.69, 9.17) is 13.7 Å². The number of hydrogen-bond donors (Lipinski definition) is 0.